The molecule has 1 rings (SSSR count). The summed E-state index contributed by atoms with van der Waals surface area (Å²) in [6.07, 6.45) is 2.05. The van der Waals surface area contributed by atoms with Crippen LogP contribution in [0.1, 0.15) is 19.8 Å². The maximum Gasteiger partial charge on any atom is 0.226 e. The lowest BCUT2D eigenvalue weighted by Crippen LogP contribution is -2.48. The van der Waals surface area contributed by atoms with Gasteiger partial charge in [0.1, 0.15) is 0 Å². The predicted molar refractivity (Wildman–Crippen MR) is 59.3 cm³/mol. The Hall–Kier alpha value is -0.320. The summed E-state index contributed by atoms with van der Waals surface area (Å²) in [7, 11) is 0. The standard InChI is InChI=1S/C9H19N3O.ClH/c1-7(5-10)9(13)12-4-2-3-8(11)6-12;/h7-8H,2-6,10-11H2,1H3;1H. The van der Waals surface area contributed by atoms with Crippen molar-refractivity contribution in [3.63, 3.8) is 0 Å². The number of hydrogen-bond acceptors (Lipinski definition) is 3. The Morgan fingerprint density at radius 3 is 2.79 bits per heavy atom. The summed E-state index contributed by atoms with van der Waals surface area (Å²) >= 11 is 0. The first-order valence-electron chi connectivity index (χ1n) is 4.89. The summed E-state index contributed by atoms with van der Waals surface area (Å²) in [5, 5.41) is 0. The van der Waals surface area contributed by atoms with Crippen LogP contribution in [0, 0.1) is 5.92 Å². The van der Waals surface area contributed by atoms with E-state index in [1.807, 2.05) is 11.8 Å². The molecule has 1 fully saturated rings. The lowest BCUT2D eigenvalue weighted by molar-refractivity contribution is -0.135. The Labute approximate surface area is 91.4 Å². The van der Waals surface area contributed by atoms with Gasteiger partial charge in [0.15, 0.2) is 0 Å². The molecule has 84 valence electrons. The lowest BCUT2D eigenvalue weighted by atomic mass is 10.0. The Kier molecular flexibility index (Phi) is 6.08. The third-order valence-corrected chi connectivity index (χ3v) is 2.54. The van der Waals surface area contributed by atoms with E-state index in [2.05, 4.69) is 0 Å². The molecule has 1 amide bonds. The van der Waals surface area contributed by atoms with Crippen LogP contribution in [-0.2, 0) is 4.79 Å². The molecule has 2 atom stereocenters. The van der Waals surface area contributed by atoms with Gasteiger partial charge in [0, 0.05) is 31.6 Å². The zero-order valence-corrected chi connectivity index (χ0v) is 9.43. The van der Waals surface area contributed by atoms with Gasteiger partial charge in [-0.3, -0.25) is 4.79 Å². The zero-order chi connectivity index (χ0) is 9.84. The van der Waals surface area contributed by atoms with Crippen molar-refractivity contribution in [1.29, 1.82) is 0 Å². The number of likely N-dealkylation sites (tertiary alicyclic amines) is 1. The summed E-state index contributed by atoms with van der Waals surface area (Å²) in [6, 6.07) is 0.155. The maximum absolute atomic E-state index is 11.7. The van der Waals surface area contributed by atoms with Crippen molar-refractivity contribution in [1.82, 2.24) is 4.90 Å². The predicted octanol–water partition coefficient (Wildman–Crippen LogP) is -0.0473. The molecule has 0 saturated carbocycles. The van der Waals surface area contributed by atoms with Gasteiger partial charge in [-0.15, -0.1) is 12.4 Å². The van der Waals surface area contributed by atoms with Gasteiger partial charge < -0.3 is 16.4 Å². The highest BCUT2D eigenvalue weighted by atomic mass is 35.5. The van der Waals surface area contributed by atoms with Crippen molar-refractivity contribution in [3.05, 3.63) is 0 Å². The van der Waals surface area contributed by atoms with Crippen LogP contribution in [0.4, 0.5) is 0 Å². The summed E-state index contributed by atoms with van der Waals surface area (Å²) in [5.41, 5.74) is 11.2. The molecule has 5 heteroatoms. The summed E-state index contributed by atoms with van der Waals surface area (Å²) in [5.74, 6) is 0.0861. The molecule has 0 radical (unpaired) electrons. The minimum atomic E-state index is -0.0645. The number of nitrogens with zero attached hydrogens (tertiary/aromatic N) is 1. The van der Waals surface area contributed by atoms with Gasteiger partial charge in [-0.1, -0.05) is 6.92 Å². The van der Waals surface area contributed by atoms with E-state index >= 15 is 0 Å². The molecule has 0 aromatic rings. The van der Waals surface area contributed by atoms with Crippen LogP contribution in [-0.4, -0.2) is 36.5 Å². The Morgan fingerprint density at radius 2 is 2.29 bits per heavy atom. The molecule has 14 heavy (non-hydrogen) atoms. The second-order valence-electron chi connectivity index (χ2n) is 3.82. The smallest absolute Gasteiger partial charge is 0.226 e. The molecule has 4 N–H and O–H groups in total. The van der Waals surface area contributed by atoms with Crippen molar-refractivity contribution >= 4 is 18.3 Å². The molecule has 0 aromatic carbocycles. The second kappa shape index (κ2) is 6.22. The van der Waals surface area contributed by atoms with Gasteiger partial charge in [-0.2, -0.15) is 0 Å². The number of nitrogens with two attached hydrogens (primary N) is 2. The topological polar surface area (TPSA) is 72.4 Å². The largest absolute Gasteiger partial charge is 0.341 e. The number of piperidine rings is 1. The van der Waals surface area contributed by atoms with Crippen LogP contribution in [0.15, 0.2) is 0 Å². The highest BCUT2D eigenvalue weighted by Gasteiger charge is 2.23. The number of hydrogen-bond donors (Lipinski definition) is 2. The van der Waals surface area contributed by atoms with Crippen LogP contribution in [0.3, 0.4) is 0 Å². The third-order valence-electron chi connectivity index (χ3n) is 2.54. The molecular formula is C9H20ClN3O. The van der Waals surface area contributed by atoms with E-state index in [-0.39, 0.29) is 30.3 Å². The first kappa shape index (κ1) is 13.7. The molecular weight excluding hydrogens is 202 g/mol. The Morgan fingerprint density at radius 1 is 1.64 bits per heavy atom. The second-order valence-corrected chi connectivity index (χ2v) is 3.82. The van der Waals surface area contributed by atoms with Crippen molar-refractivity contribution in [2.75, 3.05) is 19.6 Å². The number of amides is 1. The number of rotatable bonds is 2. The fourth-order valence-corrected chi connectivity index (χ4v) is 1.62. The minimum Gasteiger partial charge on any atom is -0.341 e. The van der Waals surface area contributed by atoms with Crippen LogP contribution in [0.25, 0.3) is 0 Å². The van der Waals surface area contributed by atoms with E-state index in [9.17, 15) is 4.79 Å². The quantitative estimate of drug-likeness (QED) is 0.687. The Balaban J connectivity index is 0.00000169. The molecule has 0 spiro atoms. The first-order chi connectivity index (χ1) is 6.15. The number of halogens is 1. The van der Waals surface area contributed by atoms with Crippen molar-refractivity contribution < 1.29 is 4.79 Å². The van der Waals surface area contributed by atoms with Crippen LogP contribution in [0.5, 0.6) is 0 Å². The van der Waals surface area contributed by atoms with E-state index < -0.39 is 0 Å². The molecule has 1 aliphatic heterocycles. The van der Waals surface area contributed by atoms with Crippen molar-refractivity contribution in [2.24, 2.45) is 17.4 Å². The maximum atomic E-state index is 11.7. The fraction of sp³-hybridized carbons (Fsp3) is 0.889. The van der Waals surface area contributed by atoms with Gasteiger partial charge in [0.05, 0.1) is 0 Å². The molecule has 1 heterocycles. The monoisotopic (exact) mass is 221 g/mol. The Bertz CT molecular complexity index is 189. The van der Waals surface area contributed by atoms with Crippen LogP contribution < -0.4 is 11.5 Å². The van der Waals surface area contributed by atoms with E-state index in [4.69, 9.17) is 11.5 Å². The van der Waals surface area contributed by atoms with Gasteiger partial charge in [0.25, 0.3) is 0 Å². The van der Waals surface area contributed by atoms with E-state index in [1.165, 1.54) is 0 Å². The number of carbonyl (C=O) groups excluding carboxylic acids is 1. The molecule has 0 aromatic heterocycles. The average Bonchev–Trinajstić information content (AvgIpc) is 2.15. The van der Waals surface area contributed by atoms with Crippen molar-refractivity contribution in [2.45, 2.75) is 25.8 Å². The molecule has 0 bridgehead atoms. The SMILES string of the molecule is CC(CN)C(=O)N1CCCC(N)C1.Cl. The minimum absolute atomic E-state index is 0. The van der Waals surface area contributed by atoms with Crippen molar-refractivity contribution in [3.8, 4) is 0 Å². The third kappa shape index (κ3) is 3.44. The fourth-order valence-electron chi connectivity index (χ4n) is 1.62. The molecule has 4 nitrogen and oxygen atoms in total. The van der Waals surface area contributed by atoms with E-state index in [0.29, 0.717) is 13.1 Å². The van der Waals surface area contributed by atoms with Crippen LogP contribution >= 0.6 is 12.4 Å². The summed E-state index contributed by atoms with van der Waals surface area (Å²) < 4.78 is 0. The highest BCUT2D eigenvalue weighted by Crippen LogP contribution is 2.11. The van der Waals surface area contributed by atoms with Crippen LogP contribution in [0.2, 0.25) is 0 Å². The molecule has 1 saturated heterocycles. The number of carbonyl (C=O) groups is 1. The molecule has 1 aliphatic rings. The highest BCUT2D eigenvalue weighted by molar-refractivity contribution is 5.85. The van der Waals surface area contributed by atoms with E-state index in [1.54, 1.807) is 0 Å². The van der Waals surface area contributed by atoms with E-state index in [0.717, 1.165) is 19.4 Å². The molecule has 2 unspecified atom stereocenters. The average molecular weight is 222 g/mol. The summed E-state index contributed by atoms with van der Waals surface area (Å²) in [6.45, 7) is 3.83. The van der Waals surface area contributed by atoms with Gasteiger partial charge in [-0.25, -0.2) is 0 Å². The normalized spacial score (nSPS) is 23.9. The lowest BCUT2D eigenvalue weighted by Gasteiger charge is -2.32. The summed E-state index contributed by atoms with van der Waals surface area (Å²) in [4.78, 5) is 13.5. The van der Waals surface area contributed by atoms with Gasteiger partial charge in [-0.05, 0) is 12.8 Å². The van der Waals surface area contributed by atoms with Gasteiger partial charge >= 0.3 is 0 Å². The van der Waals surface area contributed by atoms with Gasteiger partial charge in [0.2, 0.25) is 5.91 Å². The zero-order valence-electron chi connectivity index (χ0n) is 8.61. The molecule has 0 aliphatic carbocycles. The first-order valence-corrected chi connectivity index (χ1v) is 4.89.